The first-order valence-corrected chi connectivity index (χ1v) is 6.56. The smallest absolute Gasteiger partial charge is 0.244 e. The Morgan fingerprint density at radius 1 is 1.21 bits per heavy atom. The molecular weight excluding hydrogens is 240 g/mol. The number of nitrogens with two attached hydrogens (primary N) is 1. The number of rotatable bonds is 4. The SMILES string of the molecule is CCC(C)[C@H](N)c1nc(-c2cc(C)nc(C)c2)no1. The standard InChI is InChI=1S/C14H20N4O/c1-5-8(2)12(15)14-17-13(18-19-14)11-6-9(3)16-10(4)7-11/h6-8,12H,5,15H2,1-4H3/t8?,12-/m0/s1. The summed E-state index contributed by atoms with van der Waals surface area (Å²) >= 11 is 0. The molecule has 2 atom stereocenters. The first-order chi connectivity index (χ1) is 9.01. The summed E-state index contributed by atoms with van der Waals surface area (Å²) in [4.78, 5) is 8.73. The van der Waals surface area contributed by atoms with Gasteiger partial charge in [-0.25, -0.2) is 0 Å². The predicted molar refractivity (Wildman–Crippen MR) is 73.4 cm³/mol. The second-order valence-corrected chi connectivity index (χ2v) is 5.01. The molecule has 0 amide bonds. The van der Waals surface area contributed by atoms with Crippen LogP contribution in [0.3, 0.4) is 0 Å². The van der Waals surface area contributed by atoms with Crippen LogP contribution in [0.1, 0.15) is 43.6 Å². The summed E-state index contributed by atoms with van der Waals surface area (Å²) in [7, 11) is 0. The van der Waals surface area contributed by atoms with Gasteiger partial charge < -0.3 is 10.3 Å². The molecule has 5 heteroatoms. The molecule has 2 aromatic rings. The number of pyridine rings is 1. The fourth-order valence-corrected chi connectivity index (χ4v) is 1.95. The van der Waals surface area contributed by atoms with Crippen LogP contribution < -0.4 is 5.73 Å². The van der Waals surface area contributed by atoms with E-state index in [2.05, 4.69) is 29.0 Å². The summed E-state index contributed by atoms with van der Waals surface area (Å²) in [6.45, 7) is 8.07. The molecule has 2 heterocycles. The third kappa shape index (κ3) is 2.98. The van der Waals surface area contributed by atoms with Crippen LogP contribution in [-0.4, -0.2) is 15.1 Å². The first kappa shape index (κ1) is 13.7. The number of hydrogen-bond acceptors (Lipinski definition) is 5. The zero-order valence-electron chi connectivity index (χ0n) is 11.8. The Bertz CT molecular complexity index is 544. The van der Waals surface area contributed by atoms with Crippen molar-refractivity contribution in [1.82, 2.24) is 15.1 Å². The predicted octanol–water partition coefficient (Wildman–Crippen LogP) is 2.79. The lowest BCUT2D eigenvalue weighted by Crippen LogP contribution is -2.18. The van der Waals surface area contributed by atoms with Crippen LogP contribution in [0.2, 0.25) is 0 Å². The normalized spacial score (nSPS) is 14.4. The maximum absolute atomic E-state index is 6.09. The highest BCUT2D eigenvalue weighted by Gasteiger charge is 2.20. The maximum atomic E-state index is 6.09. The van der Waals surface area contributed by atoms with Gasteiger partial charge in [0.05, 0.1) is 6.04 Å². The summed E-state index contributed by atoms with van der Waals surface area (Å²) in [5.74, 6) is 1.38. The summed E-state index contributed by atoms with van der Waals surface area (Å²) < 4.78 is 5.28. The van der Waals surface area contributed by atoms with Crippen LogP contribution in [0.25, 0.3) is 11.4 Å². The summed E-state index contributed by atoms with van der Waals surface area (Å²) in [6, 6.07) is 3.67. The molecule has 0 aliphatic rings. The van der Waals surface area contributed by atoms with E-state index in [1.54, 1.807) is 0 Å². The van der Waals surface area contributed by atoms with E-state index >= 15 is 0 Å². The van der Waals surface area contributed by atoms with Crippen molar-refractivity contribution in [3.63, 3.8) is 0 Å². The molecule has 0 spiro atoms. The average Bonchev–Trinajstić information content (AvgIpc) is 2.85. The lowest BCUT2D eigenvalue weighted by atomic mass is 10.0. The van der Waals surface area contributed by atoms with Crippen molar-refractivity contribution < 1.29 is 4.52 Å². The van der Waals surface area contributed by atoms with Crippen LogP contribution >= 0.6 is 0 Å². The quantitative estimate of drug-likeness (QED) is 0.914. The minimum atomic E-state index is -0.213. The van der Waals surface area contributed by atoms with Gasteiger partial charge >= 0.3 is 0 Å². The zero-order valence-corrected chi connectivity index (χ0v) is 11.8. The molecule has 0 bridgehead atoms. The van der Waals surface area contributed by atoms with E-state index in [-0.39, 0.29) is 6.04 Å². The topological polar surface area (TPSA) is 77.8 Å². The van der Waals surface area contributed by atoms with Gasteiger partial charge in [-0.2, -0.15) is 4.98 Å². The van der Waals surface area contributed by atoms with Gasteiger partial charge in [0.1, 0.15) is 0 Å². The second kappa shape index (κ2) is 5.48. The molecule has 0 saturated carbocycles. The van der Waals surface area contributed by atoms with Crippen LogP contribution in [0, 0.1) is 19.8 Å². The molecule has 0 aromatic carbocycles. The molecule has 0 radical (unpaired) electrons. The van der Waals surface area contributed by atoms with Crippen LogP contribution in [0.5, 0.6) is 0 Å². The Balaban J connectivity index is 2.30. The number of nitrogens with zero attached hydrogens (tertiary/aromatic N) is 3. The van der Waals surface area contributed by atoms with Gasteiger partial charge in [0.25, 0.3) is 0 Å². The highest BCUT2D eigenvalue weighted by molar-refractivity contribution is 5.55. The van der Waals surface area contributed by atoms with Gasteiger partial charge in [-0.15, -0.1) is 0 Å². The number of aromatic nitrogens is 3. The fourth-order valence-electron chi connectivity index (χ4n) is 1.95. The van der Waals surface area contributed by atoms with E-state index in [0.29, 0.717) is 17.6 Å². The Morgan fingerprint density at radius 2 is 1.84 bits per heavy atom. The first-order valence-electron chi connectivity index (χ1n) is 6.56. The van der Waals surface area contributed by atoms with Crippen LogP contribution in [0.4, 0.5) is 0 Å². The van der Waals surface area contributed by atoms with E-state index < -0.39 is 0 Å². The molecule has 1 unspecified atom stereocenters. The summed E-state index contributed by atoms with van der Waals surface area (Å²) in [5, 5.41) is 4.01. The van der Waals surface area contributed by atoms with E-state index in [9.17, 15) is 0 Å². The zero-order chi connectivity index (χ0) is 14.0. The van der Waals surface area contributed by atoms with Gasteiger partial charge in [-0.1, -0.05) is 25.4 Å². The molecule has 19 heavy (non-hydrogen) atoms. The van der Waals surface area contributed by atoms with Crippen molar-refractivity contribution in [1.29, 1.82) is 0 Å². The molecule has 5 nitrogen and oxygen atoms in total. The van der Waals surface area contributed by atoms with Crippen molar-refractivity contribution in [2.75, 3.05) is 0 Å². The average molecular weight is 260 g/mol. The molecule has 2 N–H and O–H groups in total. The van der Waals surface area contributed by atoms with E-state index in [4.69, 9.17) is 10.3 Å². The molecule has 0 saturated heterocycles. The van der Waals surface area contributed by atoms with Gasteiger partial charge in [0.2, 0.25) is 11.7 Å². The summed E-state index contributed by atoms with van der Waals surface area (Å²) in [6.07, 6.45) is 0.979. The molecule has 0 aliphatic heterocycles. The fraction of sp³-hybridized carbons (Fsp3) is 0.500. The third-order valence-electron chi connectivity index (χ3n) is 3.32. The minimum absolute atomic E-state index is 0.213. The lowest BCUT2D eigenvalue weighted by molar-refractivity contribution is 0.312. The molecule has 0 fully saturated rings. The Kier molecular flexibility index (Phi) is 3.95. The highest BCUT2D eigenvalue weighted by atomic mass is 16.5. The minimum Gasteiger partial charge on any atom is -0.337 e. The van der Waals surface area contributed by atoms with Crippen LogP contribution in [0.15, 0.2) is 16.7 Å². The van der Waals surface area contributed by atoms with Crippen molar-refractivity contribution >= 4 is 0 Å². The molecule has 2 aromatic heterocycles. The number of hydrogen-bond donors (Lipinski definition) is 1. The maximum Gasteiger partial charge on any atom is 0.244 e. The van der Waals surface area contributed by atoms with Crippen molar-refractivity contribution in [3.05, 3.63) is 29.4 Å². The van der Waals surface area contributed by atoms with E-state index in [0.717, 1.165) is 23.4 Å². The van der Waals surface area contributed by atoms with Gasteiger partial charge in [0, 0.05) is 17.0 Å². The van der Waals surface area contributed by atoms with Crippen molar-refractivity contribution in [2.24, 2.45) is 11.7 Å². The van der Waals surface area contributed by atoms with E-state index in [1.807, 2.05) is 26.0 Å². The Labute approximate surface area is 113 Å². The van der Waals surface area contributed by atoms with Crippen molar-refractivity contribution in [3.8, 4) is 11.4 Å². The Morgan fingerprint density at radius 3 is 2.42 bits per heavy atom. The number of aryl methyl sites for hydroxylation is 2. The Hall–Kier alpha value is -1.75. The lowest BCUT2D eigenvalue weighted by Gasteiger charge is -2.12. The molecule has 102 valence electrons. The van der Waals surface area contributed by atoms with E-state index in [1.165, 1.54) is 0 Å². The van der Waals surface area contributed by atoms with Crippen LogP contribution in [-0.2, 0) is 0 Å². The highest BCUT2D eigenvalue weighted by Crippen LogP contribution is 2.23. The molecule has 0 aliphatic carbocycles. The monoisotopic (exact) mass is 260 g/mol. The second-order valence-electron chi connectivity index (χ2n) is 5.01. The van der Waals surface area contributed by atoms with Gasteiger partial charge in [0.15, 0.2) is 0 Å². The van der Waals surface area contributed by atoms with Crippen molar-refractivity contribution in [2.45, 2.75) is 40.2 Å². The third-order valence-corrected chi connectivity index (χ3v) is 3.32. The summed E-state index contributed by atoms with van der Waals surface area (Å²) in [5.41, 5.74) is 8.88. The van der Waals surface area contributed by atoms with Gasteiger partial charge in [-0.05, 0) is 31.9 Å². The van der Waals surface area contributed by atoms with Gasteiger partial charge in [-0.3, -0.25) is 4.98 Å². The molecule has 2 rings (SSSR count). The largest absolute Gasteiger partial charge is 0.337 e. The molecular formula is C14H20N4O.